The fourth-order valence-electron chi connectivity index (χ4n) is 0.765. The SMILES string of the molecule is O=C(CSCCO)c1ccc(Cl)s1. The highest BCUT2D eigenvalue weighted by molar-refractivity contribution is 8.00. The Morgan fingerprint density at radius 2 is 2.38 bits per heavy atom. The number of hydrogen-bond acceptors (Lipinski definition) is 4. The number of rotatable bonds is 5. The van der Waals surface area contributed by atoms with E-state index in [-0.39, 0.29) is 12.4 Å². The van der Waals surface area contributed by atoms with E-state index in [0.29, 0.717) is 20.7 Å². The van der Waals surface area contributed by atoms with Crippen molar-refractivity contribution in [3.8, 4) is 0 Å². The van der Waals surface area contributed by atoms with Crippen LogP contribution in [0, 0.1) is 0 Å². The van der Waals surface area contributed by atoms with E-state index in [1.54, 1.807) is 12.1 Å². The van der Waals surface area contributed by atoms with Crippen LogP contribution in [0.25, 0.3) is 0 Å². The molecule has 0 aliphatic heterocycles. The first-order valence-corrected chi connectivity index (χ1v) is 6.06. The number of aliphatic hydroxyl groups excluding tert-OH is 1. The summed E-state index contributed by atoms with van der Waals surface area (Å²) < 4.78 is 0.635. The normalized spacial score (nSPS) is 10.3. The molecule has 0 aliphatic rings. The molecule has 5 heteroatoms. The molecule has 0 radical (unpaired) electrons. The second-order valence-corrected chi connectivity index (χ2v) is 5.12. The van der Waals surface area contributed by atoms with Crippen molar-refractivity contribution in [2.45, 2.75) is 0 Å². The molecule has 0 unspecified atom stereocenters. The first kappa shape index (κ1) is 11.0. The van der Waals surface area contributed by atoms with E-state index < -0.39 is 0 Å². The molecule has 0 saturated carbocycles. The molecule has 0 bridgehead atoms. The summed E-state index contributed by atoms with van der Waals surface area (Å²) in [7, 11) is 0. The second-order valence-electron chi connectivity index (χ2n) is 2.30. The third-order valence-electron chi connectivity index (χ3n) is 1.32. The third kappa shape index (κ3) is 3.68. The van der Waals surface area contributed by atoms with Gasteiger partial charge in [-0.15, -0.1) is 11.3 Å². The van der Waals surface area contributed by atoms with Crippen LogP contribution in [-0.2, 0) is 0 Å². The van der Waals surface area contributed by atoms with Gasteiger partial charge >= 0.3 is 0 Å². The van der Waals surface area contributed by atoms with Crippen LogP contribution in [0.5, 0.6) is 0 Å². The van der Waals surface area contributed by atoms with Crippen LogP contribution >= 0.6 is 34.7 Å². The average Bonchev–Trinajstić information content (AvgIpc) is 2.52. The first-order chi connectivity index (χ1) is 6.24. The Bertz CT molecular complexity index is 285. The van der Waals surface area contributed by atoms with E-state index in [9.17, 15) is 4.79 Å². The number of aliphatic hydroxyl groups is 1. The lowest BCUT2D eigenvalue weighted by atomic mass is 10.4. The minimum absolute atomic E-state index is 0.0790. The zero-order valence-electron chi connectivity index (χ0n) is 6.83. The van der Waals surface area contributed by atoms with E-state index in [1.807, 2.05) is 0 Å². The molecule has 2 nitrogen and oxygen atoms in total. The predicted molar refractivity (Wildman–Crippen MR) is 58.1 cm³/mol. The molecule has 1 aromatic heterocycles. The summed E-state index contributed by atoms with van der Waals surface area (Å²) >= 11 is 8.41. The summed E-state index contributed by atoms with van der Waals surface area (Å²) in [5.41, 5.74) is 0. The van der Waals surface area contributed by atoms with E-state index >= 15 is 0 Å². The summed E-state index contributed by atoms with van der Waals surface area (Å²) in [6.45, 7) is 0.114. The van der Waals surface area contributed by atoms with Crippen molar-refractivity contribution < 1.29 is 9.90 Å². The second kappa shape index (κ2) is 5.65. The van der Waals surface area contributed by atoms with E-state index in [2.05, 4.69) is 0 Å². The number of carbonyl (C=O) groups is 1. The van der Waals surface area contributed by atoms with Crippen LogP contribution in [0.4, 0.5) is 0 Å². The van der Waals surface area contributed by atoms with Crippen LogP contribution in [0.3, 0.4) is 0 Å². The largest absolute Gasteiger partial charge is 0.396 e. The Morgan fingerprint density at radius 3 is 2.92 bits per heavy atom. The quantitative estimate of drug-likeness (QED) is 0.630. The van der Waals surface area contributed by atoms with Crippen LogP contribution in [-0.4, -0.2) is 29.0 Å². The summed E-state index contributed by atoms with van der Waals surface area (Å²) in [6.07, 6.45) is 0. The Labute approximate surface area is 89.9 Å². The van der Waals surface area contributed by atoms with Gasteiger partial charge in [-0.3, -0.25) is 4.79 Å². The van der Waals surface area contributed by atoms with Gasteiger partial charge < -0.3 is 5.11 Å². The molecule has 0 atom stereocenters. The highest BCUT2D eigenvalue weighted by Crippen LogP contribution is 2.22. The maximum absolute atomic E-state index is 11.4. The van der Waals surface area contributed by atoms with Gasteiger partial charge in [-0.05, 0) is 12.1 Å². The fourth-order valence-corrected chi connectivity index (χ4v) is 2.45. The summed E-state index contributed by atoms with van der Waals surface area (Å²) in [6, 6.07) is 3.45. The molecule has 0 aliphatic carbocycles. The standard InChI is InChI=1S/C8H9ClO2S2/c9-8-2-1-7(13-8)6(11)5-12-4-3-10/h1-2,10H,3-5H2. The Balaban J connectivity index is 2.40. The van der Waals surface area contributed by atoms with E-state index in [4.69, 9.17) is 16.7 Å². The number of thioether (sulfide) groups is 1. The van der Waals surface area contributed by atoms with Gasteiger partial charge in [0.25, 0.3) is 0 Å². The zero-order valence-corrected chi connectivity index (χ0v) is 9.21. The molecule has 1 aromatic rings. The Hall–Kier alpha value is -0.0300. The molecule has 0 spiro atoms. The van der Waals surface area contributed by atoms with Crippen molar-refractivity contribution >= 4 is 40.5 Å². The minimum atomic E-state index is 0.0790. The number of hydrogen-bond donors (Lipinski definition) is 1. The van der Waals surface area contributed by atoms with Crippen LogP contribution in [0.15, 0.2) is 12.1 Å². The van der Waals surface area contributed by atoms with Crippen molar-refractivity contribution in [3.63, 3.8) is 0 Å². The Morgan fingerprint density at radius 1 is 1.62 bits per heavy atom. The molecule has 1 rings (SSSR count). The number of Topliss-reactive ketones (excluding diaryl/α,β-unsaturated/α-hetero) is 1. The van der Waals surface area contributed by atoms with Gasteiger partial charge in [0, 0.05) is 5.75 Å². The molecule has 72 valence electrons. The molecule has 0 saturated heterocycles. The molecule has 1 heterocycles. The first-order valence-electron chi connectivity index (χ1n) is 3.71. The van der Waals surface area contributed by atoms with Crippen LogP contribution in [0.1, 0.15) is 9.67 Å². The van der Waals surface area contributed by atoms with Gasteiger partial charge in [0.15, 0.2) is 5.78 Å². The zero-order chi connectivity index (χ0) is 9.68. The van der Waals surface area contributed by atoms with Crippen molar-refractivity contribution in [3.05, 3.63) is 21.3 Å². The molecule has 0 amide bonds. The number of thiophene rings is 1. The maximum atomic E-state index is 11.4. The van der Waals surface area contributed by atoms with Crippen molar-refractivity contribution in [1.29, 1.82) is 0 Å². The van der Waals surface area contributed by atoms with Crippen molar-refractivity contribution in [2.24, 2.45) is 0 Å². The predicted octanol–water partition coefficient (Wildman–Crippen LogP) is 2.31. The Kier molecular flexibility index (Phi) is 4.80. The summed E-state index contributed by atoms with van der Waals surface area (Å²) in [4.78, 5) is 12.1. The summed E-state index contributed by atoms with van der Waals surface area (Å²) in [5.74, 6) is 1.10. The van der Waals surface area contributed by atoms with Crippen molar-refractivity contribution in [2.75, 3.05) is 18.1 Å². The lowest BCUT2D eigenvalue weighted by Crippen LogP contribution is -2.01. The van der Waals surface area contributed by atoms with Gasteiger partial charge in [-0.25, -0.2) is 0 Å². The molecule has 0 aromatic carbocycles. The minimum Gasteiger partial charge on any atom is -0.396 e. The molecule has 0 fully saturated rings. The highest BCUT2D eigenvalue weighted by atomic mass is 35.5. The third-order valence-corrected chi connectivity index (χ3v) is 3.53. The fraction of sp³-hybridized carbons (Fsp3) is 0.375. The van der Waals surface area contributed by atoms with Crippen LogP contribution < -0.4 is 0 Å². The number of halogens is 1. The molecule has 1 N–H and O–H groups in total. The van der Waals surface area contributed by atoms with Gasteiger partial charge in [0.1, 0.15) is 0 Å². The van der Waals surface area contributed by atoms with Gasteiger partial charge in [-0.2, -0.15) is 11.8 Å². The summed E-state index contributed by atoms with van der Waals surface area (Å²) in [5, 5.41) is 8.50. The smallest absolute Gasteiger partial charge is 0.182 e. The molecular formula is C8H9ClO2S2. The number of carbonyl (C=O) groups excluding carboxylic acids is 1. The monoisotopic (exact) mass is 236 g/mol. The van der Waals surface area contributed by atoms with Gasteiger partial charge in [0.05, 0.1) is 21.6 Å². The average molecular weight is 237 g/mol. The van der Waals surface area contributed by atoms with E-state index in [0.717, 1.165) is 0 Å². The van der Waals surface area contributed by atoms with Gasteiger partial charge in [0.2, 0.25) is 0 Å². The van der Waals surface area contributed by atoms with Crippen molar-refractivity contribution in [1.82, 2.24) is 0 Å². The van der Waals surface area contributed by atoms with Gasteiger partial charge in [-0.1, -0.05) is 11.6 Å². The topological polar surface area (TPSA) is 37.3 Å². The highest BCUT2D eigenvalue weighted by Gasteiger charge is 2.07. The molecular weight excluding hydrogens is 228 g/mol. The van der Waals surface area contributed by atoms with Crippen LogP contribution in [0.2, 0.25) is 4.34 Å². The number of ketones is 1. The lowest BCUT2D eigenvalue weighted by molar-refractivity contribution is 0.102. The van der Waals surface area contributed by atoms with E-state index in [1.165, 1.54) is 23.1 Å². The maximum Gasteiger partial charge on any atom is 0.182 e. The lowest BCUT2D eigenvalue weighted by Gasteiger charge is -1.95. The molecule has 13 heavy (non-hydrogen) atoms.